The number of carboxylic acid groups (broad SMARTS) is 1. The summed E-state index contributed by atoms with van der Waals surface area (Å²) in [6.45, 7) is 0. The molecule has 0 heterocycles. The quantitative estimate of drug-likeness (QED) is 0.912. The molecule has 0 radical (unpaired) electrons. The van der Waals surface area contributed by atoms with Crippen LogP contribution in [0.15, 0.2) is 54.6 Å². The van der Waals surface area contributed by atoms with Crippen LogP contribution >= 0.6 is 0 Å². The lowest BCUT2D eigenvalue weighted by Gasteiger charge is -2.04. The van der Waals surface area contributed by atoms with Gasteiger partial charge in [0.05, 0.1) is 5.56 Å². The molecular formula is C15H14O3S. The molecule has 1 N–H and O–H groups in total. The molecular weight excluding hydrogens is 260 g/mol. The van der Waals surface area contributed by atoms with Gasteiger partial charge in [-0.3, -0.25) is 4.21 Å². The summed E-state index contributed by atoms with van der Waals surface area (Å²) in [5.41, 5.74) is 2.04. The molecule has 0 amide bonds. The normalized spacial score (nSPS) is 12.0. The first kappa shape index (κ1) is 13.5. The van der Waals surface area contributed by atoms with Gasteiger partial charge in [0.25, 0.3) is 0 Å². The maximum absolute atomic E-state index is 12.0. The summed E-state index contributed by atoms with van der Waals surface area (Å²) in [5, 5.41) is 8.90. The van der Waals surface area contributed by atoms with Crippen LogP contribution in [0.1, 0.15) is 21.5 Å². The molecule has 0 aliphatic rings. The van der Waals surface area contributed by atoms with Gasteiger partial charge >= 0.3 is 5.97 Å². The van der Waals surface area contributed by atoms with Crippen LogP contribution in [0.25, 0.3) is 0 Å². The van der Waals surface area contributed by atoms with E-state index in [1.54, 1.807) is 18.2 Å². The standard InChI is InChI=1S/C15H14O3S/c16-15(17)14-8-4-7-13(9-14)11-19(18)10-12-5-2-1-3-6-12/h1-9H,10-11H2,(H,16,17). The van der Waals surface area contributed by atoms with Gasteiger partial charge in [0, 0.05) is 22.3 Å². The second-order valence-electron chi connectivity index (χ2n) is 4.22. The van der Waals surface area contributed by atoms with Crippen molar-refractivity contribution in [1.82, 2.24) is 0 Å². The fourth-order valence-corrected chi connectivity index (χ4v) is 3.01. The first-order valence-electron chi connectivity index (χ1n) is 5.86. The molecule has 1 unspecified atom stereocenters. The minimum absolute atomic E-state index is 0.231. The third-order valence-electron chi connectivity index (χ3n) is 2.67. The summed E-state index contributed by atoms with van der Waals surface area (Å²) in [6, 6.07) is 16.2. The van der Waals surface area contributed by atoms with Gasteiger partial charge in [0.2, 0.25) is 0 Å². The molecule has 0 aliphatic carbocycles. The van der Waals surface area contributed by atoms with E-state index in [-0.39, 0.29) is 5.56 Å². The van der Waals surface area contributed by atoms with Crippen LogP contribution in [0, 0.1) is 0 Å². The first-order valence-corrected chi connectivity index (χ1v) is 7.35. The monoisotopic (exact) mass is 274 g/mol. The third-order valence-corrected chi connectivity index (χ3v) is 3.98. The zero-order valence-corrected chi connectivity index (χ0v) is 11.1. The largest absolute Gasteiger partial charge is 0.478 e. The van der Waals surface area contributed by atoms with E-state index in [9.17, 15) is 9.00 Å². The van der Waals surface area contributed by atoms with Crippen LogP contribution in [0.4, 0.5) is 0 Å². The van der Waals surface area contributed by atoms with E-state index in [0.717, 1.165) is 11.1 Å². The Balaban J connectivity index is 2.03. The smallest absolute Gasteiger partial charge is 0.335 e. The Morgan fingerprint density at radius 2 is 1.58 bits per heavy atom. The highest BCUT2D eigenvalue weighted by molar-refractivity contribution is 7.83. The van der Waals surface area contributed by atoms with Crippen LogP contribution in [-0.2, 0) is 22.3 Å². The minimum atomic E-state index is -1.04. The lowest BCUT2D eigenvalue weighted by atomic mass is 10.1. The summed E-state index contributed by atoms with van der Waals surface area (Å²) in [6.07, 6.45) is 0. The van der Waals surface area contributed by atoms with E-state index in [1.807, 2.05) is 30.3 Å². The van der Waals surface area contributed by atoms with Crippen molar-refractivity contribution in [2.24, 2.45) is 0 Å². The average molecular weight is 274 g/mol. The van der Waals surface area contributed by atoms with Crippen LogP contribution in [0.3, 0.4) is 0 Å². The van der Waals surface area contributed by atoms with Crippen LogP contribution in [0.2, 0.25) is 0 Å². The Bertz CT molecular complexity index is 593. The number of hydrogen-bond donors (Lipinski definition) is 1. The van der Waals surface area contributed by atoms with E-state index in [0.29, 0.717) is 11.5 Å². The predicted octanol–water partition coefficient (Wildman–Crippen LogP) is 2.83. The van der Waals surface area contributed by atoms with Gasteiger partial charge in [-0.2, -0.15) is 0 Å². The predicted molar refractivity (Wildman–Crippen MR) is 75.4 cm³/mol. The minimum Gasteiger partial charge on any atom is -0.478 e. The van der Waals surface area contributed by atoms with Crippen LogP contribution in [0.5, 0.6) is 0 Å². The Morgan fingerprint density at radius 3 is 2.26 bits per heavy atom. The van der Waals surface area contributed by atoms with Crippen molar-refractivity contribution in [1.29, 1.82) is 0 Å². The van der Waals surface area contributed by atoms with Crippen molar-refractivity contribution in [2.75, 3.05) is 0 Å². The molecule has 3 nitrogen and oxygen atoms in total. The number of carboxylic acids is 1. The fraction of sp³-hybridized carbons (Fsp3) is 0.133. The molecule has 2 aromatic rings. The maximum Gasteiger partial charge on any atom is 0.335 e. The average Bonchev–Trinajstić information content (AvgIpc) is 2.40. The molecule has 2 rings (SSSR count). The molecule has 0 saturated carbocycles. The van der Waals surface area contributed by atoms with Crippen molar-refractivity contribution in [3.63, 3.8) is 0 Å². The number of hydrogen-bond acceptors (Lipinski definition) is 2. The molecule has 1 atom stereocenters. The lowest BCUT2D eigenvalue weighted by Crippen LogP contribution is -2.02. The lowest BCUT2D eigenvalue weighted by molar-refractivity contribution is 0.0697. The molecule has 0 fully saturated rings. The zero-order valence-electron chi connectivity index (χ0n) is 10.3. The Hall–Kier alpha value is -1.94. The van der Waals surface area contributed by atoms with Gasteiger partial charge in [-0.1, -0.05) is 42.5 Å². The molecule has 0 spiro atoms. The number of carbonyl (C=O) groups is 1. The Labute approximate surface area is 114 Å². The van der Waals surface area contributed by atoms with E-state index < -0.39 is 16.8 Å². The summed E-state index contributed by atoms with van der Waals surface area (Å²) in [5.74, 6) is -0.107. The number of rotatable bonds is 5. The highest BCUT2D eigenvalue weighted by Crippen LogP contribution is 2.11. The third kappa shape index (κ3) is 4.03. The molecule has 4 heteroatoms. The van der Waals surface area contributed by atoms with E-state index in [2.05, 4.69) is 0 Å². The summed E-state index contributed by atoms with van der Waals surface area (Å²) < 4.78 is 12.0. The summed E-state index contributed by atoms with van der Waals surface area (Å²) in [7, 11) is -1.04. The molecule has 0 aliphatic heterocycles. The molecule has 98 valence electrons. The van der Waals surface area contributed by atoms with E-state index in [4.69, 9.17) is 5.11 Å². The van der Waals surface area contributed by atoms with Crippen molar-refractivity contribution in [3.8, 4) is 0 Å². The van der Waals surface area contributed by atoms with E-state index in [1.165, 1.54) is 6.07 Å². The Kier molecular flexibility index (Phi) is 4.47. The molecule has 0 aromatic heterocycles. The molecule has 2 aromatic carbocycles. The first-order chi connectivity index (χ1) is 9.15. The topological polar surface area (TPSA) is 54.4 Å². The van der Waals surface area contributed by atoms with Gasteiger partial charge < -0.3 is 5.11 Å². The van der Waals surface area contributed by atoms with Gasteiger partial charge in [-0.05, 0) is 23.3 Å². The van der Waals surface area contributed by atoms with Crippen molar-refractivity contribution >= 4 is 16.8 Å². The van der Waals surface area contributed by atoms with Gasteiger partial charge in [-0.15, -0.1) is 0 Å². The van der Waals surface area contributed by atoms with Crippen LogP contribution < -0.4 is 0 Å². The van der Waals surface area contributed by atoms with E-state index >= 15 is 0 Å². The van der Waals surface area contributed by atoms with Crippen molar-refractivity contribution < 1.29 is 14.1 Å². The van der Waals surface area contributed by atoms with Crippen LogP contribution in [-0.4, -0.2) is 15.3 Å². The molecule has 0 bridgehead atoms. The highest BCUT2D eigenvalue weighted by atomic mass is 32.2. The summed E-state index contributed by atoms with van der Waals surface area (Å²) in [4.78, 5) is 10.9. The number of benzene rings is 2. The second kappa shape index (κ2) is 6.29. The molecule has 19 heavy (non-hydrogen) atoms. The second-order valence-corrected chi connectivity index (χ2v) is 5.68. The Morgan fingerprint density at radius 1 is 0.947 bits per heavy atom. The zero-order chi connectivity index (χ0) is 13.7. The maximum atomic E-state index is 12.0. The fourth-order valence-electron chi connectivity index (χ4n) is 1.79. The van der Waals surface area contributed by atoms with Crippen molar-refractivity contribution in [2.45, 2.75) is 11.5 Å². The summed E-state index contributed by atoms with van der Waals surface area (Å²) >= 11 is 0. The highest BCUT2D eigenvalue weighted by Gasteiger charge is 2.06. The molecule has 0 saturated heterocycles. The number of aromatic carboxylic acids is 1. The van der Waals surface area contributed by atoms with Crippen molar-refractivity contribution in [3.05, 3.63) is 71.3 Å². The van der Waals surface area contributed by atoms with Gasteiger partial charge in [0.15, 0.2) is 0 Å². The van der Waals surface area contributed by atoms with Gasteiger partial charge in [-0.25, -0.2) is 4.79 Å². The SMILES string of the molecule is O=C(O)c1cccc(CS(=O)Cc2ccccc2)c1. The van der Waals surface area contributed by atoms with Gasteiger partial charge in [0.1, 0.15) is 0 Å².